The van der Waals surface area contributed by atoms with Crippen LogP contribution >= 0.6 is 0 Å². The summed E-state index contributed by atoms with van der Waals surface area (Å²) in [6, 6.07) is 7.23. The summed E-state index contributed by atoms with van der Waals surface area (Å²) in [4.78, 5) is 2.26. The fourth-order valence-electron chi connectivity index (χ4n) is 2.87. The molecule has 20 heavy (non-hydrogen) atoms. The topological polar surface area (TPSA) is 27.3 Å². The molecule has 0 aromatic heterocycles. The first kappa shape index (κ1) is 15.3. The molecule has 0 bridgehead atoms. The van der Waals surface area contributed by atoms with Crippen LogP contribution < -0.4 is 10.6 Å². The van der Waals surface area contributed by atoms with Crippen LogP contribution in [0.3, 0.4) is 0 Å². The maximum atomic E-state index is 3.74. The fraction of sp³-hybridized carbons (Fsp3) is 0.647. The Hall–Kier alpha value is -1.06. The number of aryl methyl sites for hydroxylation is 1. The number of hydrogen-bond donors (Lipinski definition) is 2. The van der Waals surface area contributed by atoms with Gasteiger partial charge < -0.3 is 15.5 Å². The van der Waals surface area contributed by atoms with Crippen molar-refractivity contribution >= 4 is 5.69 Å². The molecule has 112 valence electrons. The van der Waals surface area contributed by atoms with Gasteiger partial charge in [0.25, 0.3) is 0 Å². The van der Waals surface area contributed by atoms with Crippen LogP contribution in [0.1, 0.15) is 31.4 Å². The molecule has 0 fully saturated rings. The molecule has 0 spiro atoms. The lowest BCUT2D eigenvalue weighted by molar-refractivity contribution is 0.288. The van der Waals surface area contributed by atoms with Gasteiger partial charge in [-0.25, -0.2) is 0 Å². The van der Waals surface area contributed by atoms with Gasteiger partial charge in [-0.05, 0) is 44.0 Å². The first-order valence-electron chi connectivity index (χ1n) is 7.80. The smallest absolute Gasteiger partial charge is 0.0418 e. The highest BCUT2D eigenvalue weighted by Crippen LogP contribution is 2.26. The van der Waals surface area contributed by atoms with Gasteiger partial charge in [-0.2, -0.15) is 0 Å². The Morgan fingerprint density at radius 1 is 1.30 bits per heavy atom. The van der Waals surface area contributed by atoms with Crippen LogP contribution in [-0.4, -0.2) is 38.1 Å². The molecule has 0 aliphatic carbocycles. The molecule has 0 saturated carbocycles. The third-order valence-corrected chi connectivity index (χ3v) is 4.08. The van der Waals surface area contributed by atoms with Crippen molar-refractivity contribution in [2.24, 2.45) is 5.92 Å². The number of anilines is 1. The van der Waals surface area contributed by atoms with Gasteiger partial charge in [-0.3, -0.25) is 0 Å². The summed E-state index contributed by atoms with van der Waals surface area (Å²) in [6.45, 7) is 7.72. The van der Waals surface area contributed by atoms with Gasteiger partial charge in [0.15, 0.2) is 0 Å². The number of hydrogen-bond acceptors (Lipinski definition) is 3. The maximum Gasteiger partial charge on any atom is 0.0418 e. The van der Waals surface area contributed by atoms with E-state index in [4.69, 9.17) is 0 Å². The molecule has 1 unspecified atom stereocenters. The summed E-state index contributed by atoms with van der Waals surface area (Å²) in [7, 11) is 4.28. The van der Waals surface area contributed by atoms with Gasteiger partial charge in [0.1, 0.15) is 0 Å². The number of benzene rings is 1. The maximum absolute atomic E-state index is 3.74. The molecular weight excluding hydrogens is 246 g/mol. The summed E-state index contributed by atoms with van der Waals surface area (Å²) < 4.78 is 0. The minimum absolute atomic E-state index is 0.532. The molecule has 1 aromatic rings. The van der Waals surface area contributed by atoms with Crippen molar-refractivity contribution in [2.45, 2.75) is 39.3 Å². The molecule has 3 nitrogen and oxygen atoms in total. The summed E-state index contributed by atoms with van der Waals surface area (Å²) in [5.74, 6) is 0.643. The van der Waals surface area contributed by atoms with Crippen molar-refractivity contribution in [3.05, 3.63) is 29.3 Å². The van der Waals surface area contributed by atoms with Gasteiger partial charge >= 0.3 is 0 Å². The highest BCUT2D eigenvalue weighted by atomic mass is 15.1. The van der Waals surface area contributed by atoms with Crippen LogP contribution in [0.2, 0.25) is 0 Å². The number of nitrogens with zero attached hydrogens (tertiary/aromatic N) is 1. The van der Waals surface area contributed by atoms with Crippen LogP contribution in [-0.2, 0) is 13.0 Å². The van der Waals surface area contributed by atoms with E-state index >= 15 is 0 Å². The summed E-state index contributed by atoms with van der Waals surface area (Å²) in [5, 5.41) is 7.31. The van der Waals surface area contributed by atoms with E-state index in [9.17, 15) is 0 Å². The van der Waals surface area contributed by atoms with E-state index in [2.05, 4.69) is 61.7 Å². The number of fused-ring (bicyclic) bond motifs is 1. The highest BCUT2D eigenvalue weighted by Gasteiger charge is 2.16. The largest absolute Gasteiger partial charge is 0.385 e. The minimum Gasteiger partial charge on any atom is -0.385 e. The van der Waals surface area contributed by atoms with Crippen molar-refractivity contribution in [3.63, 3.8) is 0 Å². The second-order valence-corrected chi connectivity index (χ2v) is 6.48. The molecular formula is C17H29N3. The zero-order valence-corrected chi connectivity index (χ0v) is 13.4. The third-order valence-electron chi connectivity index (χ3n) is 4.08. The van der Waals surface area contributed by atoms with E-state index in [1.54, 1.807) is 0 Å². The van der Waals surface area contributed by atoms with Crippen molar-refractivity contribution in [1.82, 2.24) is 10.2 Å². The lowest BCUT2D eigenvalue weighted by Crippen LogP contribution is -2.41. The highest BCUT2D eigenvalue weighted by molar-refractivity contribution is 5.59. The Labute approximate surface area is 123 Å². The first-order chi connectivity index (χ1) is 9.58. The molecule has 1 atom stereocenters. The van der Waals surface area contributed by atoms with Crippen molar-refractivity contribution in [2.75, 3.05) is 32.5 Å². The SMILES string of the molecule is CC(C)C(CN(C)C)NCc1cccc2c1NCCC2. The summed E-state index contributed by atoms with van der Waals surface area (Å²) in [5.41, 5.74) is 4.26. The molecule has 1 aromatic carbocycles. The average Bonchev–Trinajstić information content (AvgIpc) is 2.42. The van der Waals surface area contributed by atoms with E-state index in [1.807, 2.05) is 0 Å². The summed E-state index contributed by atoms with van der Waals surface area (Å²) in [6.07, 6.45) is 2.46. The van der Waals surface area contributed by atoms with Crippen LogP contribution in [0.15, 0.2) is 18.2 Å². The van der Waals surface area contributed by atoms with E-state index in [0.717, 1.165) is 19.6 Å². The Morgan fingerprint density at radius 2 is 2.10 bits per heavy atom. The van der Waals surface area contributed by atoms with Gasteiger partial charge in [0, 0.05) is 31.4 Å². The van der Waals surface area contributed by atoms with E-state index < -0.39 is 0 Å². The molecule has 2 rings (SSSR count). The molecule has 0 amide bonds. The lowest BCUT2D eigenvalue weighted by atomic mass is 9.98. The van der Waals surface area contributed by atoms with Crippen molar-refractivity contribution in [1.29, 1.82) is 0 Å². The third kappa shape index (κ3) is 3.97. The number of likely N-dealkylation sites (N-methyl/N-ethyl adjacent to an activating group) is 1. The van der Waals surface area contributed by atoms with Gasteiger partial charge in [0.05, 0.1) is 0 Å². The van der Waals surface area contributed by atoms with Crippen LogP contribution in [0.5, 0.6) is 0 Å². The van der Waals surface area contributed by atoms with E-state index in [-0.39, 0.29) is 0 Å². The van der Waals surface area contributed by atoms with E-state index in [0.29, 0.717) is 12.0 Å². The number of nitrogens with one attached hydrogen (secondary N) is 2. The zero-order valence-electron chi connectivity index (χ0n) is 13.4. The minimum atomic E-state index is 0.532. The Balaban J connectivity index is 2.02. The quantitative estimate of drug-likeness (QED) is 0.836. The molecule has 0 radical (unpaired) electrons. The number of rotatable bonds is 6. The van der Waals surface area contributed by atoms with Gasteiger partial charge in [0.2, 0.25) is 0 Å². The van der Waals surface area contributed by atoms with Gasteiger partial charge in [-0.1, -0.05) is 32.0 Å². The Morgan fingerprint density at radius 3 is 2.80 bits per heavy atom. The lowest BCUT2D eigenvalue weighted by Gasteiger charge is -2.27. The zero-order chi connectivity index (χ0) is 14.5. The first-order valence-corrected chi connectivity index (χ1v) is 7.80. The molecule has 1 heterocycles. The van der Waals surface area contributed by atoms with Crippen molar-refractivity contribution in [3.8, 4) is 0 Å². The fourth-order valence-corrected chi connectivity index (χ4v) is 2.87. The average molecular weight is 275 g/mol. The summed E-state index contributed by atoms with van der Waals surface area (Å²) >= 11 is 0. The second-order valence-electron chi connectivity index (χ2n) is 6.48. The van der Waals surface area contributed by atoms with Gasteiger partial charge in [-0.15, -0.1) is 0 Å². The predicted molar refractivity (Wildman–Crippen MR) is 87.3 cm³/mol. The molecule has 2 N–H and O–H groups in total. The van der Waals surface area contributed by atoms with Crippen LogP contribution in [0.25, 0.3) is 0 Å². The van der Waals surface area contributed by atoms with Crippen LogP contribution in [0, 0.1) is 5.92 Å². The predicted octanol–water partition coefficient (Wildman–Crippen LogP) is 2.72. The second kappa shape index (κ2) is 7.09. The molecule has 1 aliphatic rings. The standard InChI is InChI=1S/C17H29N3/c1-13(2)16(12-20(3)4)19-11-15-8-5-7-14-9-6-10-18-17(14)15/h5,7-8,13,16,18-19H,6,9-12H2,1-4H3. The van der Waals surface area contributed by atoms with E-state index in [1.165, 1.54) is 29.7 Å². The molecule has 0 saturated heterocycles. The Bertz CT molecular complexity index is 426. The Kier molecular flexibility index (Phi) is 5.44. The number of para-hydroxylation sites is 1. The molecule has 1 aliphatic heterocycles. The molecule has 3 heteroatoms. The van der Waals surface area contributed by atoms with Crippen LogP contribution in [0.4, 0.5) is 5.69 Å². The normalized spacial score (nSPS) is 16.1. The monoisotopic (exact) mass is 275 g/mol. The van der Waals surface area contributed by atoms with Crippen molar-refractivity contribution < 1.29 is 0 Å².